The van der Waals surface area contributed by atoms with Crippen LogP contribution in [0.2, 0.25) is 0 Å². The van der Waals surface area contributed by atoms with Gasteiger partial charge in [0.2, 0.25) is 0 Å². The molecule has 1 heterocycles. The van der Waals surface area contributed by atoms with Crippen molar-refractivity contribution in [3.8, 4) is 0 Å². The molecule has 18 heavy (non-hydrogen) atoms. The molecule has 1 saturated carbocycles. The van der Waals surface area contributed by atoms with E-state index in [0.717, 1.165) is 26.1 Å². The minimum atomic E-state index is 0.201. The Bertz CT molecular complexity index is 409. The molecular weight excluding hydrogens is 222 g/mol. The Morgan fingerprint density at radius 1 is 1.11 bits per heavy atom. The lowest BCUT2D eigenvalue weighted by Crippen LogP contribution is -2.41. The van der Waals surface area contributed by atoms with Crippen LogP contribution in [0.4, 0.5) is 0 Å². The second-order valence-electron chi connectivity index (χ2n) is 6.09. The number of aliphatic hydroxyl groups is 1. The fourth-order valence-corrected chi connectivity index (χ4v) is 3.65. The molecule has 0 bridgehead atoms. The molecular formula is C16H23NO. The monoisotopic (exact) mass is 245 g/mol. The molecule has 1 aromatic rings. The van der Waals surface area contributed by atoms with Crippen LogP contribution in [0, 0.1) is 5.41 Å². The Morgan fingerprint density at radius 3 is 2.56 bits per heavy atom. The number of hydrogen-bond donors (Lipinski definition) is 1. The van der Waals surface area contributed by atoms with Crippen molar-refractivity contribution in [2.75, 3.05) is 19.7 Å². The third-order valence-corrected chi connectivity index (χ3v) is 4.77. The van der Waals surface area contributed by atoms with Crippen LogP contribution in [0.3, 0.4) is 0 Å². The first kappa shape index (κ1) is 12.2. The van der Waals surface area contributed by atoms with Crippen LogP contribution in [0.25, 0.3) is 0 Å². The van der Waals surface area contributed by atoms with Crippen LogP contribution in [0.5, 0.6) is 0 Å². The van der Waals surface area contributed by atoms with Crippen LogP contribution in [-0.2, 0) is 13.0 Å². The van der Waals surface area contributed by atoms with Crippen molar-refractivity contribution < 1.29 is 5.11 Å². The molecule has 2 aliphatic rings. The van der Waals surface area contributed by atoms with Crippen molar-refractivity contribution in [1.82, 2.24) is 4.90 Å². The number of nitrogens with zero attached hydrogens (tertiary/aromatic N) is 1. The lowest BCUT2D eigenvalue weighted by Gasteiger charge is -2.36. The second-order valence-corrected chi connectivity index (χ2v) is 6.09. The third-order valence-electron chi connectivity index (χ3n) is 4.77. The van der Waals surface area contributed by atoms with E-state index in [1.807, 2.05) is 0 Å². The lowest BCUT2D eigenvalue weighted by molar-refractivity contribution is 0.0725. The van der Waals surface area contributed by atoms with Crippen molar-refractivity contribution in [2.45, 2.75) is 38.6 Å². The second kappa shape index (κ2) is 5.02. The Hall–Kier alpha value is -0.860. The number of aliphatic hydroxyl groups excluding tert-OH is 1. The van der Waals surface area contributed by atoms with Crippen LogP contribution in [0.15, 0.2) is 24.3 Å². The molecule has 1 aliphatic heterocycles. The van der Waals surface area contributed by atoms with Gasteiger partial charge in [0.15, 0.2) is 0 Å². The normalized spacial score (nSPS) is 22.9. The zero-order valence-electron chi connectivity index (χ0n) is 11.1. The molecule has 2 nitrogen and oxygen atoms in total. The van der Waals surface area contributed by atoms with Crippen molar-refractivity contribution in [3.05, 3.63) is 35.4 Å². The highest BCUT2D eigenvalue weighted by Crippen LogP contribution is 2.39. The van der Waals surface area contributed by atoms with Crippen molar-refractivity contribution in [2.24, 2.45) is 5.41 Å². The van der Waals surface area contributed by atoms with Gasteiger partial charge in [0.05, 0.1) is 0 Å². The Balaban J connectivity index is 1.69. The van der Waals surface area contributed by atoms with Gasteiger partial charge in [-0.25, -0.2) is 0 Å². The molecule has 0 unspecified atom stereocenters. The summed E-state index contributed by atoms with van der Waals surface area (Å²) in [7, 11) is 0. The van der Waals surface area contributed by atoms with Crippen molar-refractivity contribution >= 4 is 0 Å². The first-order valence-corrected chi connectivity index (χ1v) is 7.21. The highest BCUT2D eigenvalue weighted by atomic mass is 16.3. The van der Waals surface area contributed by atoms with E-state index in [1.54, 1.807) is 0 Å². The van der Waals surface area contributed by atoms with Crippen LogP contribution in [-0.4, -0.2) is 29.7 Å². The molecule has 0 amide bonds. The van der Waals surface area contributed by atoms with E-state index in [9.17, 15) is 5.11 Å². The molecule has 0 saturated heterocycles. The van der Waals surface area contributed by atoms with E-state index >= 15 is 0 Å². The average molecular weight is 245 g/mol. The van der Waals surface area contributed by atoms with Gasteiger partial charge in [0.1, 0.15) is 0 Å². The van der Waals surface area contributed by atoms with Crippen LogP contribution in [0.1, 0.15) is 36.8 Å². The standard InChI is InChI=1S/C16H23NO/c18-13-16(8-3-4-9-16)12-17-10-7-14-5-1-2-6-15(14)11-17/h1-2,5-6,18H,3-4,7-13H2. The maximum absolute atomic E-state index is 9.72. The highest BCUT2D eigenvalue weighted by Gasteiger charge is 2.35. The molecule has 98 valence electrons. The summed E-state index contributed by atoms with van der Waals surface area (Å²) in [6, 6.07) is 8.78. The van der Waals surface area contributed by atoms with Crippen LogP contribution < -0.4 is 0 Å². The predicted molar refractivity (Wildman–Crippen MR) is 73.4 cm³/mol. The van der Waals surface area contributed by atoms with Gasteiger partial charge in [0.25, 0.3) is 0 Å². The fourth-order valence-electron chi connectivity index (χ4n) is 3.65. The maximum atomic E-state index is 9.72. The molecule has 0 atom stereocenters. The first-order chi connectivity index (χ1) is 8.81. The summed E-state index contributed by atoms with van der Waals surface area (Å²) in [5.41, 5.74) is 3.19. The summed E-state index contributed by atoms with van der Waals surface area (Å²) >= 11 is 0. The minimum absolute atomic E-state index is 0.201. The summed E-state index contributed by atoms with van der Waals surface area (Å²) in [5, 5.41) is 9.72. The molecule has 1 N–H and O–H groups in total. The predicted octanol–water partition coefficient (Wildman–Crippen LogP) is 2.60. The van der Waals surface area contributed by atoms with Gasteiger partial charge in [0, 0.05) is 31.7 Å². The van der Waals surface area contributed by atoms with E-state index in [1.165, 1.54) is 36.8 Å². The average Bonchev–Trinajstić information content (AvgIpc) is 2.88. The van der Waals surface area contributed by atoms with E-state index in [4.69, 9.17) is 0 Å². The molecule has 1 aromatic carbocycles. The van der Waals surface area contributed by atoms with Gasteiger partial charge in [-0.3, -0.25) is 4.90 Å². The van der Waals surface area contributed by atoms with Crippen molar-refractivity contribution in [1.29, 1.82) is 0 Å². The quantitative estimate of drug-likeness (QED) is 0.885. The highest BCUT2D eigenvalue weighted by molar-refractivity contribution is 5.29. The molecule has 3 rings (SSSR count). The SMILES string of the molecule is OCC1(CN2CCc3ccccc3C2)CCCC1. The molecule has 1 fully saturated rings. The summed E-state index contributed by atoms with van der Waals surface area (Å²) in [4.78, 5) is 2.55. The smallest absolute Gasteiger partial charge is 0.0499 e. The largest absolute Gasteiger partial charge is 0.396 e. The summed E-state index contributed by atoms with van der Waals surface area (Å²) < 4.78 is 0. The van der Waals surface area contributed by atoms with Gasteiger partial charge in [-0.05, 0) is 30.4 Å². The van der Waals surface area contributed by atoms with Gasteiger partial charge >= 0.3 is 0 Å². The molecule has 2 heteroatoms. The molecule has 0 radical (unpaired) electrons. The minimum Gasteiger partial charge on any atom is -0.396 e. The number of hydrogen-bond acceptors (Lipinski definition) is 2. The fraction of sp³-hybridized carbons (Fsp3) is 0.625. The number of benzene rings is 1. The maximum Gasteiger partial charge on any atom is 0.0499 e. The zero-order chi connectivity index (χ0) is 12.4. The lowest BCUT2D eigenvalue weighted by atomic mass is 9.85. The first-order valence-electron chi connectivity index (χ1n) is 7.21. The molecule has 1 aliphatic carbocycles. The summed E-state index contributed by atoms with van der Waals surface area (Å²) in [6.45, 7) is 3.67. The number of rotatable bonds is 3. The Morgan fingerprint density at radius 2 is 1.83 bits per heavy atom. The van der Waals surface area contributed by atoms with E-state index in [0.29, 0.717) is 6.61 Å². The van der Waals surface area contributed by atoms with E-state index in [-0.39, 0.29) is 5.41 Å². The van der Waals surface area contributed by atoms with Gasteiger partial charge in [-0.15, -0.1) is 0 Å². The van der Waals surface area contributed by atoms with Gasteiger partial charge < -0.3 is 5.11 Å². The van der Waals surface area contributed by atoms with Crippen molar-refractivity contribution in [3.63, 3.8) is 0 Å². The topological polar surface area (TPSA) is 23.5 Å². The summed E-state index contributed by atoms with van der Waals surface area (Å²) in [6.07, 6.45) is 6.18. The van der Waals surface area contributed by atoms with E-state index in [2.05, 4.69) is 29.2 Å². The molecule has 0 aromatic heterocycles. The van der Waals surface area contributed by atoms with Gasteiger partial charge in [-0.1, -0.05) is 37.1 Å². The van der Waals surface area contributed by atoms with Crippen LogP contribution >= 0.6 is 0 Å². The Labute approximate surface area is 110 Å². The summed E-state index contributed by atoms with van der Waals surface area (Å²) in [5.74, 6) is 0. The van der Waals surface area contributed by atoms with Gasteiger partial charge in [-0.2, -0.15) is 0 Å². The number of fused-ring (bicyclic) bond motifs is 1. The van der Waals surface area contributed by atoms with E-state index < -0.39 is 0 Å². The Kier molecular flexibility index (Phi) is 3.40. The molecule has 0 spiro atoms. The third kappa shape index (κ3) is 2.32. The zero-order valence-corrected chi connectivity index (χ0v) is 11.1.